The summed E-state index contributed by atoms with van der Waals surface area (Å²) in [5, 5.41) is 18.5. The molecule has 0 atom stereocenters. The third kappa shape index (κ3) is 3.63. The molecule has 0 spiro atoms. The fourth-order valence-corrected chi connectivity index (χ4v) is 2.13. The van der Waals surface area contributed by atoms with E-state index in [-0.39, 0.29) is 10.6 Å². The highest BCUT2D eigenvalue weighted by Gasteiger charge is 2.14. The van der Waals surface area contributed by atoms with E-state index >= 15 is 0 Å². The van der Waals surface area contributed by atoms with Gasteiger partial charge in [-0.25, -0.2) is 9.67 Å². The van der Waals surface area contributed by atoms with E-state index in [1.165, 1.54) is 12.4 Å². The summed E-state index contributed by atoms with van der Waals surface area (Å²) in [5.74, 6) is 0.828. The first-order valence-corrected chi connectivity index (χ1v) is 6.93. The van der Waals surface area contributed by atoms with Crippen molar-refractivity contribution in [1.29, 1.82) is 0 Å². The monoisotopic (exact) mass is 289 g/mol. The second-order valence-electron chi connectivity index (χ2n) is 4.83. The summed E-state index contributed by atoms with van der Waals surface area (Å²) in [6.07, 6.45) is 2.56. The van der Waals surface area contributed by atoms with Gasteiger partial charge in [-0.2, -0.15) is 5.10 Å². The molecule has 0 unspecified atom stereocenters. The molecule has 0 saturated carbocycles. The third-order valence-corrected chi connectivity index (χ3v) is 3.34. The smallest absolute Gasteiger partial charge is 0.272 e. The Labute approximate surface area is 123 Å². The van der Waals surface area contributed by atoms with Gasteiger partial charge in [0, 0.05) is 11.6 Å². The second-order valence-corrected chi connectivity index (χ2v) is 4.83. The van der Waals surface area contributed by atoms with Crippen molar-refractivity contribution in [1.82, 2.24) is 20.1 Å². The molecule has 0 fully saturated rings. The van der Waals surface area contributed by atoms with Crippen LogP contribution in [0.5, 0.6) is 0 Å². The van der Waals surface area contributed by atoms with Gasteiger partial charge in [0.1, 0.15) is 12.2 Å². The van der Waals surface area contributed by atoms with Crippen LogP contribution in [0.3, 0.4) is 0 Å². The molecule has 7 heteroatoms. The third-order valence-electron chi connectivity index (χ3n) is 3.34. The minimum absolute atomic E-state index is 0.137. The summed E-state index contributed by atoms with van der Waals surface area (Å²) < 4.78 is 1.77. The van der Waals surface area contributed by atoms with Gasteiger partial charge in [0.15, 0.2) is 0 Å². The normalized spacial score (nSPS) is 10.8. The Balaban J connectivity index is 2.17. The zero-order valence-corrected chi connectivity index (χ0v) is 12.2. The molecule has 0 aliphatic carbocycles. The largest absolute Gasteiger partial charge is 0.310 e. The van der Waals surface area contributed by atoms with Gasteiger partial charge < -0.3 is 5.32 Å². The number of nitro groups is 1. The first-order valence-electron chi connectivity index (χ1n) is 6.93. The molecule has 21 heavy (non-hydrogen) atoms. The molecule has 0 amide bonds. The van der Waals surface area contributed by atoms with Crippen LogP contribution in [-0.4, -0.2) is 26.2 Å². The molecule has 1 heterocycles. The highest BCUT2D eigenvalue weighted by Crippen LogP contribution is 2.21. The van der Waals surface area contributed by atoms with E-state index in [0.717, 1.165) is 24.4 Å². The molecule has 1 aromatic heterocycles. The lowest BCUT2D eigenvalue weighted by molar-refractivity contribution is -0.385. The predicted octanol–water partition coefficient (Wildman–Crippen LogP) is 2.04. The highest BCUT2D eigenvalue weighted by molar-refractivity contribution is 5.44. The summed E-state index contributed by atoms with van der Waals surface area (Å²) in [4.78, 5) is 14.8. The molecule has 0 bridgehead atoms. The summed E-state index contributed by atoms with van der Waals surface area (Å²) in [6.45, 7) is 5.91. The van der Waals surface area contributed by atoms with Gasteiger partial charge in [-0.3, -0.25) is 10.1 Å². The molecule has 112 valence electrons. The SMILES string of the molecule is CCCNCc1ncnn1Cc1cccc([N+](=O)[O-])c1C. The van der Waals surface area contributed by atoms with Crippen LogP contribution in [0.1, 0.15) is 30.3 Å². The second kappa shape index (κ2) is 6.94. The van der Waals surface area contributed by atoms with Gasteiger partial charge >= 0.3 is 0 Å². The lowest BCUT2D eigenvalue weighted by Crippen LogP contribution is -2.18. The van der Waals surface area contributed by atoms with Crippen LogP contribution in [0, 0.1) is 17.0 Å². The van der Waals surface area contributed by atoms with E-state index in [9.17, 15) is 10.1 Å². The van der Waals surface area contributed by atoms with E-state index in [4.69, 9.17) is 0 Å². The van der Waals surface area contributed by atoms with E-state index in [0.29, 0.717) is 18.7 Å². The van der Waals surface area contributed by atoms with Crippen LogP contribution in [0.25, 0.3) is 0 Å². The molecule has 7 nitrogen and oxygen atoms in total. The first kappa shape index (κ1) is 15.1. The maximum absolute atomic E-state index is 11.0. The predicted molar refractivity (Wildman–Crippen MR) is 79.0 cm³/mol. The molecule has 0 radical (unpaired) electrons. The molecule has 0 saturated heterocycles. The first-order chi connectivity index (χ1) is 10.1. The Morgan fingerprint density at radius 1 is 1.43 bits per heavy atom. The van der Waals surface area contributed by atoms with Gasteiger partial charge in [0.25, 0.3) is 5.69 Å². The number of nitrogens with one attached hydrogen (secondary N) is 1. The minimum atomic E-state index is -0.357. The standard InChI is InChI=1S/C14H19N5O2/c1-3-7-15-8-14-16-10-17-18(14)9-12-5-4-6-13(11(12)2)19(20)21/h4-6,10,15H,3,7-9H2,1-2H3. The summed E-state index contributed by atoms with van der Waals surface area (Å²) >= 11 is 0. The van der Waals surface area contributed by atoms with Gasteiger partial charge in [-0.1, -0.05) is 19.1 Å². The van der Waals surface area contributed by atoms with Crippen molar-refractivity contribution in [3.8, 4) is 0 Å². The van der Waals surface area contributed by atoms with Gasteiger partial charge in [0.2, 0.25) is 0 Å². The molecule has 0 aliphatic heterocycles. The molecule has 1 aromatic carbocycles. The van der Waals surface area contributed by atoms with Gasteiger partial charge in [-0.15, -0.1) is 0 Å². The summed E-state index contributed by atoms with van der Waals surface area (Å²) in [6, 6.07) is 5.10. The van der Waals surface area contributed by atoms with Crippen molar-refractivity contribution < 1.29 is 4.92 Å². The zero-order chi connectivity index (χ0) is 15.2. The summed E-state index contributed by atoms with van der Waals surface area (Å²) in [7, 11) is 0. The van der Waals surface area contributed by atoms with Crippen molar-refractivity contribution in [3.63, 3.8) is 0 Å². The van der Waals surface area contributed by atoms with E-state index in [1.54, 1.807) is 17.7 Å². The zero-order valence-electron chi connectivity index (χ0n) is 12.2. The number of aromatic nitrogens is 3. The Kier molecular flexibility index (Phi) is 4.99. The van der Waals surface area contributed by atoms with Gasteiger partial charge in [0.05, 0.1) is 18.0 Å². The van der Waals surface area contributed by atoms with E-state index in [1.807, 2.05) is 6.07 Å². The molecule has 2 rings (SSSR count). The molecule has 0 aliphatic rings. The molecular formula is C14H19N5O2. The van der Waals surface area contributed by atoms with Gasteiger partial charge in [-0.05, 0) is 25.5 Å². The Morgan fingerprint density at radius 2 is 2.24 bits per heavy atom. The molecule has 2 aromatic rings. The Bertz CT molecular complexity index is 624. The van der Waals surface area contributed by atoms with Crippen LogP contribution in [0.2, 0.25) is 0 Å². The maximum Gasteiger partial charge on any atom is 0.272 e. The van der Waals surface area contributed by atoms with Crippen LogP contribution in [0.4, 0.5) is 5.69 Å². The number of benzene rings is 1. The number of hydrogen-bond acceptors (Lipinski definition) is 5. The Morgan fingerprint density at radius 3 is 2.95 bits per heavy atom. The minimum Gasteiger partial charge on any atom is -0.310 e. The van der Waals surface area contributed by atoms with Crippen molar-refractivity contribution in [2.75, 3.05) is 6.54 Å². The maximum atomic E-state index is 11.0. The summed E-state index contributed by atoms with van der Waals surface area (Å²) in [5.41, 5.74) is 1.69. The number of nitrogens with zero attached hydrogens (tertiary/aromatic N) is 4. The van der Waals surface area contributed by atoms with Crippen LogP contribution in [0.15, 0.2) is 24.5 Å². The lowest BCUT2D eigenvalue weighted by atomic mass is 10.1. The number of nitro benzene ring substituents is 1. The van der Waals surface area contributed by atoms with Crippen LogP contribution in [-0.2, 0) is 13.1 Å². The fraction of sp³-hybridized carbons (Fsp3) is 0.429. The number of hydrogen-bond donors (Lipinski definition) is 1. The molecular weight excluding hydrogens is 270 g/mol. The van der Waals surface area contributed by atoms with Crippen molar-refractivity contribution in [2.45, 2.75) is 33.4 Å². The lowest BCUT2D eigenvalue weighted by Gasteiger charge is -2.09. The number of rotatable bonds is 7. The molecule has 1 N–H and O–H groups in total. The Hall–Kier alpha value is -2.28. The average molecular weight is 289 g/mol. The van der Waals surface area contributed by atoms with Crippen molar-refractivity contribution >= 4 is 5.69 Å². The fourth-order valence-electron chi connectivity index (χ4n) is 2.13. The average Bonchev–Trinajstić information content (AvgIpc) is 2.88. The van der Waals surface area contributed by atoms with Crippen molar-refractivity contribution in [3.05, 3.63) is 51.6 Å². The van der Waals surface area contributed by atoms with Crippen LogP contribution >= 0.6 is 0 Å². The van der Waals surface area contributed by atoms with Crippen molar-refractivity contribution in [2.24, 2.45) is 0 Å². The highest BCUT2D eigenvalue weighted by atomic mass is 16.6. The topological polar surface area (TPSA) is 85.9 Å². The quantitative estimate of drug-likeness (QED) is 0.479. The van der Waals surface area contributed by atoms with E-state index < -0.39 is 0 Å². The van der Waals surface area contributed by atoms with E-state index in [2.05, 4.69) is 22.3 Å². The van der Waals surface area contributed by atoms with Crippen LogP contribution < -0.4 is 5.32 Å².